The van der Waals surface area contributed by atoms with Crippen molar-refractivity contribution >= 4 is 11.7 Å². The Kier molecular flexibility index (Phi) is 3.42. The Hall–Kier alpha value is -1.12. The average molecular weight is 221 g/mol. The first-order chi connectivity index (χ1) is 7.66. The lowest BCUT2D eigenvalue weighted by atomic mass is 9.82. The number of allylic oxidation sites excluding steroid dienone is 2. The summed E-state index contributed by atoms with van der Waals surface area (Å²) < 4.78 is 5.24. The second kappa shape index (κ2) is 4.81. The molecule has 2 rings (SSSR count). The normalized spacial score (nSPS) is 28.6. The molecule has 0 bridgehead atoms. The monoisotopic (exact) mass is 221 g/mol. The molecule has 0 aromatic heterocycles. The minimum Gasteiger partial charge on any atom is -0.463 e. The Bertz CT molecular complexity index is 331. The third kappa shape index (κ3) is 2.52. The van der Waals surface area contributed by atoms with E-state index in [1.165, 1.54) is 5.71 Å². The molecular formula is C13H19NO2. The van der Waals surface area contributed by atoms with Crippen molar-refractivity contribution in [1.29, 1.82) is 0 Å². The first-order valence-corrected chi connectivity index (χ1v) is 6.05. The Morgan fingerprint density at radius 2 is 2.31 bits per heavy atom. The van der Waals surface area contributed by atoms with Crippen molar-refractivity contribution in [3.05, 3.63) is 12.2 Å². The standard InChI is InChI=1S/C13H19NO2/c1-9(2)16-13(15)11-7-10-5-3-4-6-12(10)14-8-11/h3-4,9-11H,5-8H2,1-2H3. The van der Waals surface area contributed by atoms with Crippen LogP contribution in [0.15, 0.2) is 17.1 Å². The summed E-state index contributed by atoms with van der Waals surface area (Å²) in [5.74, 6) is 0.374. The van der Waals surface area contributed by atoms with Crippen LogP contribution in [0.4, 0.5) is 0 Å². The van der Waals surface area contributed by atoms with Crippen molar-refractivity contribution in [2.75, 3.05) is 6.54 Å². The van der Waals surface area contributed by atoms with Crippen molar-refractivity contribution < 1.29 is 9.53 Å². The third-order valence-electron chi connectivity index (χ3n) is 3.15. The molecule has 88 valence electrons. The van der Waals surface area contributed by atoms with Crippen molar-refractivity contribution in [2.24, 2.45) is 16.8 Å². The second-order valence-corrected chi connectivity index (χ2v) is 4.86. The van der Waals surface area contributed by atoms with Crippen LogP contribution in [0, 0.1) is 11.8 Å². The maximum Gasteiger partial charge on any atom is 0.311 e. The molecule has 3 heteroatoms. The highest BCUT2D eigenvalue weighted by atomic mass is 16.5. The van der Waals surface area contributed by atoms with Gasteiger partial charge in [0.15, 0.2) is 0 Å². The van der Waals surface area contributed by atoms with E-state index >= 15 is 0 Å². The molecule has 3 nitrogen and oxygen atoms in total. The van der Waals surface area contributed by atoms with Gasteiger partial charge in [-0.05, 0) is 26.7 Å². The molecule has 16 heavy (non-hydrogen) atoms. The van der Waals surface area contributed by atoms with E-state index in [0.29, 0.717) is 12.5 Å². The number of carbonyl (C=O) groups is 1. The quantitative estimate of drug-likeness (QED) is 0.530. The van der Waals surface area contributed by atoms with Gasteiger partial charge in [0.1, 0.15) is 0 Å². The zero-order chi connectivity index (χ0) is 11.5. The van der Waals surface area contributed by atoms with Crippen LogP contribution in [0.5, 0.6) is 0 Å². The number of hydrogen-bond donors (Lipinski definition) is 0. The van der Waals surface area contributed by atoms with E-state index in [4.69, 9.17) is 4.74 Å². The van der Waals surface area contributed by atoms with Gasteiger partial charge in [0, 0.05) is 18.1 Å². The topological polar surface area (TPSA) is 38.7 Å². The first kappa shape index (κ1) is 11.4. The van der Waals surface area contributed by atoms with Gasteiger partial charge in [0.2, 0.25) is 0 Å². The zero-order valence-corrected chi connectivity index (χ0v) is 9.98. The number of esters is 1. The summed E-state index contributed by atoms with van der Waals surface area (Å²) in [4.78, 5) is 16.3. The molecule has 0 aromatic carbocycles. The van der Waals surface area contributed by atoms with E-state index in [0.717, 1.165) is 19.3 Å². The number of hydrogen-bond acceptors (Lipinski definition) is 3. The molecule has 2 aliphatic rings. The van der Waals surface area contributed by atoms with Gasteiger partial charge in [-0.1, -0.05) is 12.2 Å². The molecule has 0 fully saturated rings. The van der Waals surface area contributed by atoms with Gasteiger partial charge in [-0.25, -0.2) is 0 Å². The Morgan fingerprint density at radius 3 is 3.06 bits per heavy atom. The van der Waals surface area contributed by atoms with Crippen molar-refractivity contribution in [1.82, 2.24) is 0 Å². The van der Waals surface area contributed by atoms with Crippen molar-refractivity contribution in [3.8, 4) is 0 Å². The summed E-state index contributed by atoms with van der Waals surface area (Å²) in [6, 6.07) is 0. The Labute approximate surface area is 96.6 Å². The molecule has 0 saturated heterocycles. The van der Waals surface area contributed by atoms with Gasteiger partial charge in [-0.2, -0.15) is 0 Å². The van der Waals surface area contributed by atoms with Gasteiger partial charge in [0.05, 0.1) is 18.6 Å². The average Bonchev–Trinajstić information content (AvgIpc) is 2.27. The van der Waals surface area contributed by atoms with Crippen molar-refractivity contribution in [2.45, 2.75) is 39.2 Å². The van der Waals surface area contributed by atoms with Crippen LogP contribution in [-0.2, 0) is 9.53 Å². The maximum absolute atomic E-state index is 11.8. The van der Waals surface area contributed by atoms with Gasteiger partial charge in [0.25, 0.3) is 0 Å². The highest BCUT2D eigenvalue weighted by molar-refractivity contribution is 5.90. The number of aliphatic imine (C=N–C) groups is 1. The zero-order valence-electron chi connectivity index (χ0n) is 9.98. The smallest absolute Gasteiger partial charge is 0.311 e. The van der Waals surface area contributed by atoms with E-state index in [1.807, 2.05) is 13.8 Å². The molecule has 2 unspecified atom stereocenters. The first-order valence-electron chi connectivity index (χ1n) is 6.05. The van der Waals surface area contributed by atoms with Crippen LogP contribution >= 0.6 is 0 Å². The van der Waals surface area contributed by atoms with E-state index in [9.17, 15) is 4.79 Å². The molecule has 0 spiro atoms. The Balaban J connectivity index is 1.97. The molecule has 0 N–H and O–H groups in total. The fraction of sp³-hybridized carbons (Fsp3) is 0.692. The molecule has 0 radical (unpaired) electrons. The summed E-state index contributed by atoms with van der Waals surface area (Å²) in [6.07, 6.45) is 7.25. The van der Waals surface area contributed by atoms with E-state index in [1.54, 1.807) is 0 Å². The summed E-state index contributed by atoms with van der Waals surface area (Å²) in [5, 5.41) is 0. The second-order valence-electron chi connectivity index (χ2n) is 4.86. The predicted molar refractivity (Wildman–Crippen MR) is 63.5 cm³/mol. The molecule has 1 aliphatic heterocycles. The Morgan fingerprint density at radius 1 is 1.50 bits per heavy atom. The van der Waals surface area contributed by atoms with Crippen LogP contribution in [-0.4, -0.2) is 24.3 Å². The molecule has 1 heterocycles. The molecule has 1 aliphatic carbocycles. The minimum atomic E-state index is -0.0765. The highest BCUT2D eigenvalue weighted by Gasteiger charge is 2.31. The van der Waals surface area contributed by atoms with E-state index in [2.05, 4.69) is 17.1 Å². The fourth-order valence-corrected chi connectivity index (χ4v) is 2.34. The lowest BCUT2D eigenvalue weighted by Crippen LogP contribution is -2.33. The van der Waals surface area contributed by atoms with Crippen LogP contribution in [0.25, 0.3) is 0 Å². The maximum atomic E-state index is 11.8. The summed E-state index contributed by atoms with van der Waals surface area (Å²) in [5.41, 5.74) is 1.27. The van der Waals surface area contributed by atoms with Crippen LogP contribution in [0.3, 0.4) is 0 Å². The third-order valence-corrected chi connectivity index (χ3v) is 3.15. The van der Waals surface area contributed by atoms with Crippen LogP contribution < -0.4 is 0 Å². The van der Waals surface area contributed by atoms with Gasteiger partial charge < -0.3 is 4.74 Å². The molecule has 0 saturated carbocycles. The fourth-order valence-electron chi connectivity index (χ4n) is 2.34. The van der Waals surface area contributed by atoms with Crippen molar-refractivity contribution in [3.63, 3.8) is 0 Å². The van der Waals surface area contributed by atoms with E-state index in [-0.39, 0.29) is 18.0 Å². The number of nitrogens with zero attached hydrogens (tertiary/aromatic N) is 1. The molecule has 0 aromatic rings. The highest BCUT2D eigenvalue weighted by Crippen LogP contribution is 2.28. The summed E-state index contributed by atoms with van der Waals surface area (Å²) in [7, 11) is 0. The van der Waals surface area contributed by atoms with Crippen LogP contribution in [0.1, 0.15) is 33.1 Å². The molecule has 2 atom stereocenters. The van der Waals surface area contributed by atoms with Crippen LogP contribution in [0.2, 0.25) is 0 Å². The van der Waals surface area contributed by atoms with E-state index < -0.39 is 0 Å². The number of rotatable bonds is 2. The lowest BCUT2D eigenvalue weighted by Gasteiger charge is -2.29. The predicted octanol–water partition coefficient (Wildman–Crippen LogP) is 2.37. The number of fused-ring (bicyclic) bond motifs is 1. The summed E-state index contributed by atoms with van der Waals surface area (Å²) >= 11 is 0. The lowest BCUT2D eigenvalue weighted by molar-refractivity contribution is -0.152. The molecule has 0 amide bonds. The minimum absolute atomic E-state index is 0.0240. The largest absolute Gasteiger partial charge is 0.463 e. The molecular weight excluding hydrogens is 202 g/mol. The number of ether oxygens (including phenoxy) is 1. The van der Waals surface area contributed by atoms with Gasteiger partial charge >= 0.3 is 5.97 Å². The number of carbonyl (C=O) groups excluding carboxylic acids is 1. The van der Waals surface area contributed by atoms with Gasteiger partial charge in [-0.15, -0.1) is 0 Å². The SMILES string of the molecule is CC(C)OC(=O)C1CN=C2CC=CCC2C1. The summed E-state index contributed by atoms with van der Waals surface area (Å²) in [6.45, 7) is 4.39. The van der Waals surface area contributed by atoms with Gasteiger partial charge in [-0.3, -0.25) is 9.79 Å².